The molecule has 1 N–H and O–H groups in total. The summed E-state index contributed by atoms with van der Waals surface area (Å²) in [4.78, 5) is 24.5. The molecular formula is C14H25NO4. The van der Waals surface area contributed by atoms with E-state index in [1.807, 2.05) is 27.7 Å². The zero-order chi connectivity index (χ0) is 14.6. The van der Waals surface area contributed by atoms with Gasteiger partial charge in [-0.15, -0.1) is 0 Å². The summed E-state index contributed by atoms with van der Waals surface area (Å²) < 4.78 is 5.36. The van der Waals surface area contributed by atoms with Crippen LogP contribution in [-0.2, 0) is 9.53 Å². The minimum absolute atomic E-state index is 0.168. The molecule has 2 unspecified atom stereocenters. The van der Waals surface area contributed by atoms with Crippen LogP contribution in [0.4, 0.5) is 4.79 Å². The van der Waals surface area contributed by atoms with Crippen LogP contribution in [0.5, 0.6) is 0 Å². The normalized spacial score (nSPS) is 24.1. The van der Waals surface area contributed by atoms with Crippen molar-refractivity contribution < 1.29 is 19.4 Å². The minimum atomic E-state index is -0.755. The summed E-state index contributed by atoms with van der Waals surface area (Å²) in [5.41, 5.74) is -0.489. The van der Waals surface area contributed by atoms with Crippen molar-refractivity contribution in [3.63, 3.8) is 0 Å². The van der Waals surface area contributed by atoms with E-state index in [1.54, 1.807) is 4.90 Å². The van der Waals surface area contributed by atoms with Gasteiger partial charge in [-0.05, 0) is 39.0 Å². The molecule has 5 nitrogen and oxygen atoms in total. The van der Waals surface area contributed by atoms with Crippen LogP contribution in [0.15, 0.2) is 0 Å². The number of hydrogen-bond acceptors (Lipinski definition) is 3. The molecule has 0 saturated carbocycles. The van der Waals surface area contributed by atoms with Gasteiger partial charge in [-0.3, -0.25) is 4.79 Å². The molecule has 1 rings (SSSR count). The lowest BCUT2D eigenvalue weighted by atomic mass is 9.82. The molecule has 1 saturated heterocycles. The molecule has 0 radical (unpaired) electrons. The molecule has 19 heavy (non-hydrogen) atoms. The van der Waals surface area contributed by atoms with Crippen LogP contribution in [0.3, 0.4) is 0 Å². The van der Waals surface area contributed by atoms with E-state index in [0.717, 1.165) is 12.8 Å². The summed E-state index contributed by atoms with van der Waals surface area (Å²) in [5.74, 6) is -0.340. The van der Waals surface area contributed by atoms with Crippen molar-refractivity contribution in [2.75, 3.05) is 13.1 Å². The molecule has 110 valence electrons. The first-order chi connectivity index (χ1) is 8.73. The third kappa shape index (κ3) is 5.09. The lowest BCUT2D eigenvalue weighted by Gasteiger charge is -2.38. The predicted molar refractivity (Wildman–Crippen MR) is 71.9 cm³/mol. The number of ether oxygens (including phenoxy) is 1. The van der Waals surface area contributed by atoms with Crippen LogP contribution in [-0.4, -0.2) is 40.8 Å². The van der Waals surface area contributed by atoms with Gasteiger partial charge in [0.1, 0.15) is 5.60 Å². The molecule has 1 aliphatic rings. The van der Waals surface area contributed by atoms with E-state index >= 15 is 0 Å². The highest BCUT2D eigenvalue weighted by molar-refractivity contribution is 5.69. The number of hydrogen-bond donors (Lipinski definition) is 1. The first-order valence-electron chi connectivity index (χ1n) is 6.92. The van der Waals surface area contributed by atoms with E-state index in [4.69, 9.17) is 9.84 Å². The van der Waals surface area contributed by atoms with E-state index in [-0.39, 0.29) is 24.3 Å². The molecule has 1 aliphatic heterocycles. The predicted octanol–water partition coefficient (Wildman–Crippen LogP) is 2.74. The van der Waals surface area contributed by atoms with Gasteiger partial charge in [-0.1, -0.05) is 13.3 Å². The standard InChI is InChI=1S/C14H25NO4/c1-5-10-9-15(13(18)19-14(2,3)4)7-6-11(10)8-12(16)17/h10-11H,5-9H2,1-4H3,(H,16,17). The summed E-state index contributed by atoms with van der Waals surface area (Å²) in [5, 5.41) is 8.90. The molecular weight excluding hydrogens is 246 g/mol. The second kappa shape index (κ2) is 6.26. The molecule has 0 aliphatic carbocycles. The van der Waals surface area contributed by atoms with Crippen LogP contribution >= 0.6 is 0 Å². The van der Waals surface area contributed by atoms with Crippen molar-refractivity contribution in [1.82, 2.24) is 4.90 Å². The Labute approximate surface area is 114 Å². The molecule has 0 aromatic heterocycles. The molecule has 0 bridgehead atoms. The number of carboxylic acid groups (broad SMARTS) is 1. The monoisotopic (exact) mass is 271 g/mol. The third-order valence-electron chi connectivity index (χ3n) is 3.50. The largest absolute Gasteiger partial charge is 0.481 e. The zero-order valence-corrected chi connectivity index (χ0v) is 12.3. The first kappa shape index (κ1) is 15.8. The number of nitrogens with zero attached hydrogens (tertiary/aromatic N) is 1. The fraction of sp³-hybridized carbons (Fsp3) is 0.857. The smallest absolute Gasteiger partial charge is 0.410 e. The van der Waals surface area contributed by atoms with Gasteiger partial charge in [0.05, 0.1) is 0 Å². The lowest BCUT2D eigenvalue weighted by molar-refractivity contribution is -0.139. The molecule has 1 fully saturated rings. The highest BCUT2D eigenvalue weighted by Gasteiger charge is 2.33. The molecule has 0 aromatic rings. The average Bonchev–Trinajstić information content (AvgIpc) is 2.26. The Kier molecular flexibility index (Phi) is 5.20. The quantitative estimate of drug-likeness (QED) is 0.857. The fourth-order valence-corrected chi connectivity index (χ4v) is 2.53. The average molecular weight is 271 g/mol. The molecule has 5 heteroatoms. The Morgan fingerprint density at radius 1 is 1.32 bits per heavy atom. The second-order valence-corrected chi connectivity index (χ2v) is 6.24. The fourth-order valence-electron chi connectivity index (χ4n) is 2.53. The van der Waals surface area contributed by atoms with Crippen molar-refractivity contribution >= 4 is 12.1 Å². The van der Waals surface area contributed by atoms with Crippen molar-refractivity contribution in [3.8, 4) is 0 Å². The Morgan fingerprint density at radius 2 is 1.95 bits per heavy atom. The summed E-state index contributed by atoms with van der Waals surface area (Å²) in [6, 6.07) is 0. The van der Waals surface area contributed by atoms with E-state index in [2.05, 4.69) is 0 Å². The highest BCUT2D eigenvalue weighted by Crippen LogP contribution is 2.29. The number of carbonyl (C=O) groups excluding carboxylic acids is 1. The molecule has 1 amide bonds. The third-order valence-corrected chi connectivity index (χ3v) is 3.50. The van der Waals surface area contributed by atoms with E-state index < -0.39 is 11.6 Å². The topological polar surface area (TPSA) is 66.8 Å². The van der Waals surface area contributed by atoms with Crippen LogP contribution in [0, 0.1) is 11.8 Å². The highest BCUT2D eigenvalue weighted by atomic mass is 16.6. The summed E-state index contributed by atoms with van der Waals surface area (Å²) in [6.07, 6.45) is 1.53. The van der Waals surface area contributed by atoms with Gasteiger partial charge < -0.3 is 14.7 Å². The first-order valence-corrected chi connectivity index (χ1v) is 6.92. The van der Waals surface area contributed by atoms with E-state index in [1.165, 1.54) is 0 Å². The Morgan fingerprint density at radius 3 is 2.42 bits per heavy atom. The van der Waals surface area contributed by atoms with Gasteiger partial charge in [0.2, 0.25) is 0 Å². The number of carbonyl (C=O) groups is 2. The maximum Gasteiger partial charge on any atom is 0.410 e. The SMILES string of the molecule is CCC1CN(C(=O)OC(C)(C)C)CCC1CC(=O)O. The van der Waals surface area contributed by atoms with Crippen molar-refractivity contribution in [2.24, 2.45) is 11.8 Å². The van der Waals surface area contributed by atoms with Crippen LogP contribution in [0.2, 0.25) is 0 Å². The summed E-state index contributed by atoms with van der Waals surface area (Å²) in [7, 11) is 0. The maximum absolute atomic E-state index is 12.0. The van der Waals surface area contributed by atoms with Gasteiger partial charge in [0.15, 0.2) is 0 Å². The number of likely N-dealkylation sites (tertiary alicyclic amines) is 1. The molecule has 0 spiro atoms. The van der Waals surface area contributed by atoms with Crippen LogP contribution < -0.4 is 0 Å². The van der Waals surface area contributed by atoms with Gasteiger partial charge in [0.25, 0.3) is 0 Å². The maximum atomic E-state index is 12.0. The summed E-state index contributed by atoms with van der Waals surface area (Å²) >= 11 is 0. The lowest BCUT2D eigenvalue weighted by Crippen LogP contribution is -2.46. The van der Waals surface area contributed by atoms with Gasteiger partial charge >= 0.3 is 12.1 Å². The minimum Gasteiger partial charge on any atom is -0.481 e. The van der Waals surface area contributed by atoms with Crippen LogP contribution in [0.25, 0.3) is 0 Å². The van der Waals surface area contributed by atoms with E-state index in [0.29, 0.717) is 13.1 Å². The van der Waals surface area contributed by atoms with Crippen molar-refractivity contribution in [2.45, 2.75) is 52.6 Å². The number of carboxylic acids is 1. The van der Waals surface area contributed by atoms with Crippen molar-refractivity contribution in [1.29, 1.82) is 0 Å². The number of piperidine rings is 1. The van der Waals surface area contributed by atoms with Gasteiger partial charge in [-0.2, -0.15) is 0 Å². The van der Waals surface area contributed by atoms with Crippen LogP contribution in [0.1, 0.15) is 47.0 Å². The van der Waals surface area contributed by atoms with E-state index in [9.17, 15) is 9.59 Å². The van der Waals surface area contributed by atoms with Gasteiger partial charge in [-0.25, -0.2) is 4.79 Å². The Hall–Kier alpha value is -1.26. The number of rotatable bonds is 3. The molecule has 1 heterocycles. The van der Waals surface area contributed by atoms with Gasteiger partial charge in [0, 0.05) is 19.5 Å². The Balaban J connectivity index is 2.58. The Bertz CT molecular complexity index is 335. The molecule has 2 atom stereocenters. The van der Waals surface area contributed by atoms with Crippen molar-refractivity contribution in [3.05, 3.63) is 0 Å². The molecule has 0 aromatic carbocycles. The zero-order valence-electron chi connectivity index (χ0n) is 12.3. The number of aliphatic carboxylic acids is 1. The summed E-state index contributed by atoms with van der Waals surface area (Å²) in [6.45, 7) is 8.77. The second-order valence-electron chi connectivity index (χ2n) is 6.24. The number of amides is 1.